The van der Waals surface area contributed by atoms with E-state index in [2.05, 4.69) is 0 Å². The molecule has 25 heavy (non-hydrogen) atoms. The smallest absolute Gasteiger partial charge is 0.190 e. The summed E-state index contributed by atoms with van der Waals surface area (Å²) in [5, 5.41) is 0. The number of ether oxygens (including phenoxy) is 6. The molecule has 0 saturated carbocycles. The van der Waals surface area contributed by atoms with Crippen molar-refractivity contribution >= 4 is 0 Å². The van der Waals surface area contributed by atoms with Crippen LogP contribution in [0.4, 0.5) is 0 Å². The van der Waals surface area contributed by atoms with Crippen LogP contribution in [0.15, 0.2) is 30.3 Å². The van der Waals surface area contributed by atoms with Crippen molar-refractivity contribution in [2.45, 2.75) is 76.6 Å². The Balaban J connectivity index is 1.50. The number of fused-ring (bicyclic) bond motifs is 1. The largest absolute Gasteiger partial charge is 0.368 e. The third-order valence-corrected chi connectivity index (χ3v) is 4.71. The highest BCUT2D eigenvalue weighted by Gasteiger charge is 2.58. The van der Waals surface area contributed by atoms with Crippen LogP contribution in [0.3, 0.4) is 0 Å². The Kier molecular flexibility index (Phi) is 4.38. The monoisotopic (exact) mass is 350 g/mol. The summed E-state index contributed by atoms with van der Waals surface area (Å²) in [7, 11) is 0. The van der Waals surface area contributed by atoms with Crippen LogP contribution in [-0.4, -0.2) is 48.9 Å². The fourth-order valence-corrected chi connectivity index (χ4v) is 3.64. The summed E-state index contributed by atoms with van der Waals surface area (Å²) >= 11 is 0. The number of hydrogen-bond acceptors (Lipinski definition) is 6. The number of hydrogen-bond donors (Lipinski definition) is 0. The van der Waals surface area contributed by atoms with E-state index in [1.165, 1.54) is 0 Å². The fourth-order valence-electron chi connectivity index (χ4n) is 3.64. The zero-order valence-corrected chi connectivity index (χ0v) is 15.1. The standard InChI is InChI=1S/C19H26O6/c1-18(2)21-11-13(23-18)14-15(20-10-12-8-6-5-7-9-12)16-17(22-14)25-19(3,4)24-16/h5-9,13-17H,10-11H2,1-4H3/t13-,14-,15-,16-,17-/m1/s1. The van der Waals surface area contributed by atoms with E-state index in [0.29, 0.717) is 13.2 Å². The van der Waals surface area contributed by atoms with E-state index in [0.717, 1.165) is 5.56 Å². The summed E-state index contributed by atoms with van der Waals surface area (Å²) < 4.78 is 36.0. The Bertz CT molecular complexity index is 601. The first-order chi connectivity index (χ1) is 11.8. The zero-order valence-electron chi connectivity index (χ0n) is 15.1. The van der Waals surface area contributed by atoms with E-state index in [-0.39, 0.29) is 24.4 Å². The van der Waals surface area contributed by atoms with Gasteiger partial charge < -0.3 is 28.4 Å². The quantitative estimate of drug-likeness (QED) is 0.832. The van der Waals surface area contributed by atoms with Gasteiger partial charge in [0, 0.05) is 0 Å². The molecular weight excluding hydrogens is 324 g/mol. The highest BCUT2D eigenvalue weighted by atomic mass is 16.8. The van der Waals surface area contributed by atoms with Crippen molar-refractivity contribution < 1.29 is 28.4 Å². The average Bonchev–Trinajstić information content (AvgIpc) is 3.15. The molecule has 0 aromatic heterocycles. The predicted molar refractivity (Wildman–Crippen MR) is 88.6 cm³/mol. The van der Waals surface area contributed by atoms with Crippen LogP contribution in [-0.2, 0) is 35.0 Å². The van der Waals surface area contributed by atoms with Crippen molar-refractivity contribution in [2.75, 3.05) is 6.61 Å². The van der Waals surface area contributed by atoms with Crippen LogP contribution < -0.4 is 0 Å². The normalized spacial score (nSPS) is 38.8. The van der Waals surface area contributed by atoms with Crippen molar-refractivity contribution in [1.82, 2.24) is 0 Å². The third kappa shape index (κ3) is 3.60. The van der Waals surface area contributed by atoms with E-state index in [4.69, 9.17) is 28.4 Å². The molecule has 0 bridgehead atoms. The van der Waals surface area contributed by atoms with Crippen LogP contribution in [0.1, 0.15) is 33.3 Å². The number of rotatable bonds is 4. The molecule has 138 valence electrons. The minimum atomic E-state index is -0.680. The Morgan fingerprint density at radius 1 is 0.960 bits per heavy atom. The maximum atomic E-state index is 6.22. The SMILES string of the molecule is CC1(C)O[C@H]2O[C@H]([C@H]3COC(C)(C)O3)[C@@H](OCc3ccccc3)[C@H]2O1. The van der Waals surface area contributed by atoms with Crippen LogP contribution in [0.25, 0.3) is 0 Å². The van der Waals surface area contributed by atoms with Crippen molar-refractivity contribution in [3.63, 3.8) is 0 Å². The minimum absolute atomic E-state index is 0.211. The lowest BCUT2D eigenvalue weighted by Gasteiger charge is -2.29. The van der Waals surface area contributed by atoms with Gasteiger partial charge in [0.25, 0.3) is 0 Å². The Morgan fingerprint density at radius 3 is 2.40 bits per heavy atom. The molecule has 0 aliphatic carbocycles. The maximum absolute atomic E-state index is 6.22. The van der Waals surface area contributed by atoms with Gasteiger partial charge in [-0.3, -0.25) is 0 Å². The molecule has 3 aliphatic rings. The van der Waals surface area contributed by atoms with Crippen molar-refractivity contribution in [3.8, 4) is 0 Å². The van der Waals surface area contributed by atoms with Crippen molar-refractivity contribution in [3.05, 3.63) is 35.9 Å². The molecule has 5 atom stereocenters. The molecule has 0 radical (unpaired) electrons. The lowest BCUT2D eigenvalue weighted by molar-refractivity contribution is -0.236. The molecule has 3 saturated heterocycles. The van der Waals surface area contributed by atoms with Gasteiger partial charge in [0.1, 0.15) is 24.4 Å². The first kappa shape index (κ1) is 17.4. The van der Waals surface area contributed by atoms with Gasteiger partial charge in [0.05, 0.1) is 13.2 Å². The Hall–Kier alpha value is -1.02. The molecule has 6 nitrogen and oxygen atoms in total. The molecule has 4 rings (SSSR count). The summed E-state index contributed by atoms with van der Waals surface area (Å²) in [4.78, 5) is 0. The summed E-state index contributed by atoms with van der Waals surface area (Å²) in [6.45, 7) is 8.52. The van der Waals surface area contributed by atoms with Crippen molar-refractivity contribution in [1.29, 1.82) is 0 Å². The lowest BCUT2D eigenvalue weighted by atomic mass is 10.1. The zero-order chi connectivity index (χ0) is 17.7. The maximum Gasteiger partial charge on any atom is 0.190 e. The molecule has 3 aliphatic heterocycles. The minimum Gasteiger partial charge on any atom is -0.368 e. The van der Waals surface area contributed by atoms with Crippen LogP contribution >= 0.6 is 0 Å². The first-order valence-corrected chi connectivity index (χ1v) is 8.81. The van der Waals surface area contributed by atoms with E-state index in [1.807, 2.05) is 58.0 Å². The Morgan fingerprint density at radius 2 is 1.72 bits per heavy atom. The molecule has 0 N–H and O–H groups in total. The summed E-state index contributed by atoms with van der Waals surface area (Å²) in [6.07, 6.45) is -1.52. The predicted octanol–water partition coefficient (Wildman–Crippen LogP) is 2.60. The van der Waals surface area contributed by atoms with Gasteiger partial charge in [-0.05, 0) is 33.3 Å². The second-order valence-corrected chi connectivity index (χ2v) is 7.70. The molecule has 1 aromatic carbocycles. The topological polar surface area (TPSA) is 55.4 Å². The molecule has 3 fully saturated rings. The molecule has 0 spiro atoms. The highest BCUT2D eigenvalue weighted by Crippen LogP contribution is 2.42. The lowest BCUT2D eigenvalue weighted by Crippen LogP contribution is -2.44. The summed E-state index contributed by atoms with van der Waals surface area (Å²) in [5.41, 5.74) is 1.10. The van der Waals surface area contributed by atoms with Crippen LogP contribution in [0.2, 0.25) is 0 Å². The molecule has 6 heteroatoms. The van der Waals surface area contributed by atoms with E-state index in [1.54, 1.807) is 0 Å². The fraction of sp³-hybridized carbons (Fsp3) is 0.684. The van der Waals surface area contributed by atoms with Crippen molar-refractivity contribution in [2.24, 2.45) is 0 Å². The molecular formula is C19H26O6. The average molecular weight is 350 g/mol. The van der Waals surface area contributed by atoms with E-state index in [9.17, 15) is 0 Å². The second kappa shape index (κ2) is 6.30. The van der Waals surface area contributed by atoms with Gasteiger partial charge in [-0.15, -0.1) is 0 Å². The highest BCUT2D eigenvalue weighted by molar-refractivity contribution is 5.13. The second-order valence-electron chi connectivity index (χ2n) is 7.70. The molecule has 0 unspecified atom stereocenters. The van der Waals surface area contributed by atoms with Gasteiger partial charge in [-0.2, -0.15) is 0 Å². The molecule has 0 amide bonds. The van der Waals surface area contributed by atoms with Gasteiger partial charge >= 0.3 is 0 Å². The van der Waals surface area contributed by atoms with Crippen LogP contribution in [0, 0.1) is 0 Å². The van der Waals surface area contributed by atoms with E-state index < -0.39 is 17.9 Å². The van der Waals surface area contributed by atoms with Gasteiger partial charge in [-0.1, -0.05) is 30.3 Å². The van der Waals surface area contributed by atoms with Gasteiger partial charge in [0.15, 0.2) is 17.9 Å². The van der Waals surface area contributed by atoms with Crippen LogP contribution in [0.5, 0.6) is 0 Å². The summed E-state index contributed by atoms with van der Waals surface area (Å²) in [5.74, 6) is -1.29. The van der Waals surface area contributed by atoms with Gasteiger partial charge in [0.2, 0.25) is 0 Å². The third-order valence-electron chi connectivity index (χ3n) is 4.71. The van der Waals surface area contributed by atoms with E-state index >= 15 is 0 Å². The summed E-state index contributed by atoms with van der Waals surface area (Å²) in [6, 6.07) is 10.1. The molecule has 1 aromatic rings. The first-order valence-electron chi connectivity index (χ1n) is 8.81. The number of benzene rings is 1. The Labute approximate surface area is 148 Å². The van der Waals surface area contributed by atoms with Gasteiger partial charge in [-0.25, -0.2) is 0 Å². The molecule has 3 heterocycles.